The molecule has 2 unspecified atom stereocenters. The molecule has 4 nitrogen and oxygen atoms in total. The van der Waals surface area contributed by atoms with Crippen LogP contribution in [0.2, 0.25) is 0 Å². The number of aldehydes is 3. The van der Waals surface area contributed by atoms with Crippen LogP contribution < -0.4 is 0 Å². The average Bonchev–Trinajstić information content (AvgIpc) is 2.54. The fourth-order valence-electron chi connectivity index (χ4n) is 3.71. The van der Waals surface area contributed by atoms with Crippen LogP contribution in [0.25, 0.3) is 0 Å². The Bertz CT molecular complexity index is 393. The molecule has 0 saturated heterocycles. The van der Waals surface area contributed by atoms with E-state index in [-0.39, 0.29) is 23.5 Å². The monoisotopic (exact) mass is 278 g/mol. The first-order valence-electron chi connectivity index (χ1n) is 7.56. The highest BCUT2D eigenvalue weighted by molar-refractivity contribution is 5.99. The molecule has 0 bridgehead atoms. The molecule has 110 valence electrons. The molecule has 2 saturated carbocycles. The van der Waals surface area contributed by atoms with Gasteiger partial charge in [-0.2, -0.15) is 0 Å². The molecule has 0 aromatic heterocycles. The second kappa shape index (κ2) is 6.42. The largest absolute Gasteiger partial charge is 0.303 e. The molecule has 2 fully saturated rings. The van der Waals surface area contributed by atoms with Crippen molar-refractivity contribution < 1.29 is 19.2 Å². The van der Waals surface area contributed by atoms with Gasteiger partial charge in [0.2, 0.25) is 0 Å². The highest BCUT2D eigenvalue weighted by Gasteiger charge is 2.45. The van der Waals surface area contributed by atoms with E-state index in [0.29, 0.717) is 32.1 Å². The zero-order chi connectivity index (χ0) is 14.6. The number of carbonyl (C=O) groups excluding carboxylic acids is 4. The first-order valence-corrected chi connectivity index (χ1v) is 7.56. The summed E-state index contributed by atoms with van der Waals surface area (Å²) >= 11 is 0. The van der Waals surface area contributed by atoms with Crippen molar-refractivity contribution in [3.8, 4) is 0 Å². The maximum Gasteiger partial charge on any atom is 0.149 e. The minimum atomic E-state index is -0.894. The Morgan fingerprint density at radius 1 is 0.900 bits per heavy atom. The summed E-state index contributed by atoms with van der Waals surface area (Å²) in [4.78, 5) is 46.0. The van der Waals surface area contributed by atoms with Gasteiger partial charge in [-0.1, -0.05) is 6.42 Å². The molecule has 0 spiro atoms. The van der Waals surface area contributed by atoms with Crippen LogP contribution in [-0.2, 0) is 19.2 Å². The summed E-state index contributed by atoms with van der Waals surface area (Å²) in [6.45, 7) is 0. The minimum absolute atomic E-state index is 0.00930. The van der Waals surface area contributed by atoms with Gasteiger partial charge < -0.3 is 14.4 Å². The van der Waals surface area contributed by atoms with Crippen LogP contribution in [-0.4, -0.2) is 24.6 Å². The molecule has 0 aromatic carbocycles. The minimum Gasteiger partial charge on any atom is -0.303 e. The van der Waals surface area contributed by atoms with Crippen LogP contribution in [0.15, 0.2) is 0 Å². The van der Waals surface area contributed by atoms with Crippen LogP contribution in [0.5, 0.6) is 0 Å². The molecule has 2 aliphatic carbocycles. The maximum absolute atomic E-state index is 12.7. The summed E-state index contributed by atoms with van der Waals surface area (Å²) in [5, 5.41) is 0. The van der Waals surface area contributed by atoms with E-state index in [1.807, 2.05) is 0 Å². The van der Waals surface area contributed by atoms with E-state index in [4.69, 9.17) is 0 Å². The van der Waals surface area contributed by atoms with Crippen molar-refractivity contribution in [1.29, 1.82) is 0 Å². The molecule has 0 amide bonds. The SMILES string of the molecule is O=CC1CCC(C=O)(C(=O)C2CCCC(C=O)C2)CC1. The van der Waals surface area contributed by atoms with Crippen molar-refractivity contribution in [1.82, 2.24) is 0 Å². The lowest BCUT2D eigenvalue weighted by atomic mass is 9.64. The summed E-state index contributed by atoms with van der Waals surface area (Å²) < 4.78 is 0. The Labute approximate surface area is 119 Å². The lowest BCUT2D eigenvalue weighted by Crippen LogP contribution is -2.42. The van der Waals surface area contributed by atoms with Crippen LogP contribution in [0, 0.1) is 23.2 Å². The van der Waals surface area contributed by atoms with E-state index in [9.17, 15) is 19.2 Å². The Morgan fingerprint density at radius 2 is 1.55 bits per heavy atom. The molecule has 0 aromatic rings. The van der Waals surface area contributed by atoms with E-state index < -0.39 is 5.41 Å². The van der Waals surface area contributed by atoms with Gasteiger partial charge in [-0.25, -0.2) is 0 Å². The van der Waals surface area contributed by atoms with Gasteiger partial charge in [0.1, 0.15) is 24.6 Å². The van der Waals surface area contributed by atoms with Gasteiger partial charge in [0, 0.05) is 17.8 Å². The molecule has 0 radical (unpaired) electrons. The number of carbonyl (C=O) groups is 4. The Morgan fingerprint density at radius 3 is 2.10 bits per heavy atom. The molecule has 0 heterocycles. The van der Waals surface area contributed by atoms with Gasteiger partial charge in [0.05, 0.1) is 5.41 Å². The average molecular weight is 278 g/mol. The first-order chi connectivity index (χ1) is 9.65. The Hall–Kier alpha value is -1.32. The zero-order valence-corrected chi connectivity index (χ0v) is 11.8. The van der Waals surface area contributed by atoms with E-state index in [1.165, 1.54) is 0 Å². The van der Waals surface area contributed by atoms with Crippen LogP contribution in [0.1, 0.15) is 51.4 Å². The smallest absolute Gasteiger partial charge is 0.149 e. The zero-order valence-electron chi connectivity index (χ0n) is 11.8. The van der Waals surface area contributed by atoms with Crippen LogP contribution in [0.4, 0.5) is 0 Å². The molecular formula is C16H22O4. The van der Waals surface area contributed by atoms with E-state index in [2.05, 4.69) is 0 Å². The van der Waals surface area contributed by atoms with Gasteiger partial charge in [-0.15, -0.1) is 0 Å². The van der Waals surface area contributed by atoms with Crippen LogP contribution >= 0.6 is 0 Å². The van der Waals surface area contributed by atoms with Crippen molar-refractivity contribution in [2.45, 2.75) is 51.4 Å². The molecular weight excluding hydrogens is 256 g/mol. The van der Waals surface area contributed by atoms with Gasteiger partial charge in [-0.3, -0.25) is 4.79 Å². The van der Waals surface area contributed by atoms with Crippen molar-refractivity contribution in [3.63, 3.8) is 0 Å². The number of rotatable bonds is 5. The molecule has 2 rings (SSSR count). The topological polar surface area (TPSA) is 68.3 Å². The maximum atomic E-state index is 12.7. The fourth-order valence-corrected chi connectivity index (χ4v) is 3.71. The number of hydrogen-bond acceptors (Lipinski definition) is 4. The molecule has 0 N–H and O–H groups in total. The third kappa shape index (κ3) is 2.89. The molecule has 2 atom stereocenters. The highest BCUT2D eigenvalue weighted by Crippen LogP contribution is 2.42. The lowest BCUT2D eigenvalue weighted by molar-refractivity contribution is -0.142. The Kier molecular flexibility index (Phi) is 4.84. The van der Waals surface area contributed by atoms with E-state index >= 15 is 0 Å². The van der Waals surface area contributed by atoms with Gasteiger partial charge in [0.25, 0.3) is 0 Å². The Balaban J connectivity index is 2.07. The molecule has 20 heavy (non-hydrogen) atoms. The molecule has 2 aliphatic rings. The predicted octanol–water partition coefficient (Wildman–Crippen LogP) is 2.14. The summed E-state index contributed by atoms with van der Waals surface area (Å²) in [6, 6.07) is 0. The first kappa shape index (κ1) is 15.1. The van der Waals surface area contributed by atoms with Crippen molar-refractivity contribution in [2.75, 3.05) is 0 Å². The fraction of sp³-hybridized carbons (Fsp3) is 0.750. The number of ketones is 1. The number of Topliss-reactive ketones (excluding diaryl/α,β-unsaturated/α-hetero) is 1. The van der Waals surface area contributed by atoms with Crippen molar-refractivity contribution in [3.05, 3.63) is 0 Å². The van der Waals surface area contributed by atoms with Gasteiger partial charge in [-0.05, 0) is 44.9 Å². The van der Waals surface area contributed by atoms with Gasteiger partial charge >= 0.3 is 0 Å². The summed E-state index contributed by atoms with van der Waals surface area (Å²) in [6.07, 6.45) is 8.02. The van der Waals surface area contributed by atoms with E-state index in [0.717, 1.165) is 38.1 Å². The summed E-state index contributed by atoms with van der Waals surface area (Å²) in [5.74, 6) is -0.182. The summed E-state index contributed by atoms with van der Waals surface area (Å²) in [5.41, 5.74) is -0.894. The van der Waals surface area contributed by atoms with Gasteiger partial charge in [0.15, 0.2) is 0 Å². The standard InChI is InChI=1S/C16H22O4/c17-9-12-4-6-16(11-19,7-5-12)15(20)14-3-1-2-13(8-14)10-18/h9-14H,1-8H2. The predicted molar refractivity (Wildman–Crippen MR) is 73.0 cm³/mol. The number of hydrogen-bond donors (Lipinski definition) is 0. The second-order valence-electron chi connectivity index (χ2n) is 6.37. The normalized spacial score (nSPS) is 37.9. The molecule has 4 heteroatoms. The van der Waals surface area contributed by atoms with Crippen LogP contribution in [0.3, 0.4) is 0 Å². The highest BCUT2D eigenvalue weighted by atomic mass is 16.1. The lowest BCUT2D eigenvalue weighted by Gasteiger charge is -2.37. The summed E-state index contributed by atoms with van der Waals surface area (Å²) in [7, 11) is 0. The van der Waals surface area contributed by atoms with Crippen molar-refractivity contribution >= 4 is 24.6 Å². The quantitative estimate of drug-likeness (QED) is 0.570. The van der Waals surface area contributed by atoms with E-state index in [1.54, 1.807) is 0 Å². The molecule has 0 aliphatic heterocycles. The second-order valence-corrected chi connectivity index (χ2v) is 6.37. The third-order valence-corrected chi connectivity index (χ3v) is 5.11. The van der Waals surface area contributed by atoms with Crippen molar-refractivity contribution in [2.24, 2.45) is 23.2 Å². The third-order valence-electron chi connectivity index (χ3n) is 5.11.